The Morgan fingerprint density at radius 1 is 1.04 bits per heavy atom. The van der Waals surface area contributed by atoms with Crippen molar-refractivity contribution in [1.82, 2.24) is 24.7 Å². The molecular weight excluding hydrogens is 328 g/mol. The predicted molar refractivity (Wildman–Crippen MR) is 99.5 cm³/mol. The lowest BCUT2D eigenvalue weighted by Crippen LogP contribution is -2.08. The van der Waals surface area contributed by atoms with Crippen molar-refractivity contribution < 1.29 is 4.74 Å². The third-order valence-electron chi connectivity index (χ3n) is 4.20. The fourth-order valence-electron chi connectivity index (χ4n) is 2.79. The minimum absolute atomic E-state index is 0.0669. The Hall–Kier alpha value is -3.48. The van der Waals surface area contributed by atoms with Crippen LogP contribution < -0.4 is 10.1 Å². The highest BCUT2D eigenvalue weighted by molar-refractivity contribution is 5.87. The quantitative estimate of drug-likeness (QED) is 0.597. The molecular formula is C19H18N6O. The number of fused-ring (bicyclic) bond motifs is 1. The van der Waals surface area contributed by atoms with Gasteiger partial charge in [-0.2, -0.15) is 9.78 Å². The Morgan fingerprint density at radius 3 is 2.62 bits per heavy atom. The minimum Gasteiger partial charge on any atom is -0.497 e. The van der Waals surface area contributed by atoms with E-state index in [2.05, 4.69) is 32.3 Å². The summed E-state index contributed by atoms with van der Waals surface area (Å²) in [6.07, 6.45) is 5.02. The van der Waals surface area contributed by atoms with E-state index in [9.17, 15) is 0 Å². The first kappa shape index (κ1) is 16.0. The zero-order valence-electron chi connectivity index (χ0n) is 14.5. The first-order valence-corrected chi connectivity index (χ1v) is 8.27. The fraction of sp³-hybridized carbons (Fsp3) is 0.158. The number of nitrogens with one attached hydrogen (secondary N) is 1. The van der Waals surface area contributed by atoms with E-state index in [1.54, 1.807) is 24.2 Å². The van der Waals surface area contributed by atoms with E-state index in [-0.39, 0.29) is 6.04 Å². The standard InChI is InChI=1S/C19H18N6O/c1-13(14-6-8-15(26-2)9-7-14)24-18-16-11-23-25(19(16)22-12-21-18)17-5-3-4-10-20-17/h3-13H,1-2H3,(H,21,22,24). The van der Waals surface area contributed by atoms with Gasteiger partial charge in [0.2, 0.25) is 0 Å². The monoisotopic (exact) mass is 346 g/mol. The van der Waals surface area contributed by atoms with Gasteiger partial charge < -0.3 is 10.1 Å². The molecule has 26 heavy (non-hydrogen) atoms. The van der Waals surface area contributed by atoms with Gasteiger partial charge in [0.15, 0.2) is 11.5 Å². The van der Waals surface area contributed by atoms with Crippen LogP contribution in [0, 0.1) is 0 Å². The molecule has 0 aliphatic heterocycles. The van der Waals surface area contributed by atoms with Crippen LogP contribution in [-0.4, -0.2) is 31.8 Å². The van der Waals surface area contributed by atoms with Crippen molar-refractivity contribution in [3.8, 4) is 11.6 Å². The Labute approximate surface area is 150 Å². The summed E-state index contributed by atoms with van der Waals surface area (Å²) in [7, 11) is 1.66. The van der Waals surface area contributed by atoms with Gasteiger partial charge in [0, 0.05) is 12.2 Å². The van der Waals surface area contributed by atoms with Gasteiger partial charge >= 0.3 is 0 Å². The zero-order valence-corrected chi connectivity index (χ0v) is 14.5. The number of nitrogens with zero attached hydrogens (tertiary/aromatic N) is 5. The lowest BCUT2D eigenvalue weighted by atomic mass is 10.1. The van der Waals surface area contributed by atoms with E-state index in [0.717, 1.165) is 28.3 Å². The average molecular weight is 346 g/mol. The van der Waals surface area contributed by atoms with Crippen LogP contribution in [0.5, 0.6) is 5.75 Å². The van der Waals surface area contributed by atoms with Crippen molar-refractivity contribution in [3.63, 3.8) is 0 Å². The second-order valence-electron chi connectivity index (χ2n) is 5.84. The van der Waals surface area contributed by atoms with Crippen molar-refractivity contribution in [1.29, 1.82) is 0 Å². The number of anilines is 1. The largest absolute Gasteiger partial charge is 0.497 e. The molecule has 4 aromatic rings. The Morgan fingerprint density at radius 2 is 1.88 bits per heavy atom. The van der Waals surface area contributed by atoms with E-state index in [4.69, 9.17) is 4.74 Å². The van der Waals surface area contributed by atoms with Crippen molar-refractivity contribution >= 4 is 16.9 Å². The van der Waals surface area contributed by atoms with Gasteiger partial charge in [-0.1, -0.05) is 18.2 Å². The van der Waals surface area contributed by atoms with Crippen molar-refractivity contribution in [2.24, 2.45) is 0 Å². The van der Waals surface area contributed by atoms with E-state index in [1.165, 1.54) is 6.33 Å². The summed E-state index contributed by atoms with van der Waals surface area (Å²) >= 11 is 0. The topological polar surface area (TPSA) is 77.8 Å². The molecule has 0 aliphatic rings. The van der Waals surface area contributed by atoms with Gasteiger partial charge in [-0.15, -0.1) is 0 Å². The molecule has 1 unspecified atom stereocenters. The molecule has 1 N–H and O–H groups in total. The van der Waals surface area contributed by atoms with Gasteiger partial charge in [-0.25, -0.2) is 15.0 Å². The summed E-state index contributed by atoms with van der Waals surface area (Å²) < 4.78 is 6.92. The molecule has 3 heterocycles. The summed E-state index contributed by atoms with van der Waals surface area (Å²) in [5, 5.41) is 8.71. The van der Waals surface area contributed by atoms with Crippen LogP contribution in [0.2, 0.25) is 0 Å². The molecule has 0 spiro atoms. The molecule has 130 valence electrons. The number of pyridine rings is 1. The maximum absolute atomic E-state index is 5.21. The highest BCUT2D eigenvalue weighted by Gasteiger charge is 2.14. The molecule has 0 bridgehead atoms. The number of aromatic nitrogens is 5. The maximum atomic E-state index is 5.21. The summed E-state index contributed by atoms with van der Waals surface area (Å²) in [4.78, 5) is 13.1. The van der Waals surface area contributed by atoms with Gasteiger partial charge in [0.1, 0.15) is 17.9 Å². The molecule has 0 amide bonds. The van der Waals surface area contributed by atoms with E-state index >= 15 is 0 Å². The van der Waals surface area contributed by atoms with Crippen LogP contribution in [-0.2, 0) is 0 Å². The van der Waals surface area contributed by atoms with Crippen LogP contribution in [0.25, 0.3) is 16.9 Å². The Kier molecular flexibility index (Phi) is 4.18. The van der Waals surface area contributed by atoms with Gasteiger partial charge in [-0.3, -0.25) is 0 Å². The number of hydrogen-bond donors (Lipinski definition) is 1. The van der Waals surface area contributed by atoms with E-state index in [0.29, 0.717) is 5.65 Å². The molecule has 7 nitrogen and oxygen atoms in total. The second-order valence-corrected chi connectivity index (χ2v) is 5.84. The highest BCUT2D eigenvalue weighted by atomic mass is 16.5. The molecule has 0 saturated heterocycles. The lowest BCUT2D eigenvalue weighted by molar-refractivity contribution is 0.414. The number of rotatable bonds is 5. The molecule has 0 aliphatic carbocycles. The first-order valence-electron chi connectivity index (χ1n) is 8.27. The molecule has 4 rings (SSSR count). The molecule has 3 aromatic heterocycles. The van der Waals surface area contributed by atoms with Crippen molar-refractivity contribution in [3.05, 3.63) is 66.7 Å². The molecule has 0 fully saturated rings. The molecule has 0 radical (unpaired) electrons. The summed E-state index contributed by atoms with van der Waals surface area (Å²) in [5.41, 5.74) is 1.85. The van der Waals surface area contributed by atoms with E-state index < -0.39 is 0 Å². The van der Waals surface area contributed by atoms with Gasteiger partial charge in [0.05, 0.1) is 18.7 Å². The van der Waals surface area contributed by atoms with Crippen LogP contribution in [0.3, 0.4) is 0 Å². The fourth-order valence-corrected chi connectivity index (χ4v) is 2.79. The molecule has 1 aromatic carbocycles. The third-order valence-corrected chi connectivity index (χ3v) is 4.20. The van der Waals surface area contributed by atoms with E-state index in [1.807, 2.05) is 42.5 Å². The molecule has 0 saturated carbocycles. The zero-order chi connectivity index (χ0) is 17.9. The predicted octanol–water partition coefficient (Wildman–Crippen LogP) is 3.39. The number of hydrogen-bond acceptors (Lipinski definition) is 6. The van der Waals surface area contributed by atoms with Gasteiger partial charge in [0.25, 0.3) is 0 Å². The SMILES string of the molecule is COc1ccc(C(C)Nc2ncnc3c2cnn3-c2ccccn2)cc1. The molecule has 1 atom stereocenters. The first-order chi connectivity index (χ1) is 12.8. The third kappa shape index (κ3) is 2.95. The second kappa shape index (κ2) is 6.79. The van der Waals surface area contributed by atoms with Crippen LogP contribution >= 0.6 is 0 Å². The number of benzene rings is 1. The summed E-state index contributed by atoms with van der Waals surface area (Å²) in [6.45, 7) is 2.08. The highest BCUT2D eigenvalue weighted by Crippen LogP contribution is 2.25. The number of methoxy groups -OCH3 is 1. The summed E-state index contributed by atoms with van der Waals surface area (Å²) in [5.74, 6) is 2.29. The van der Waals surface area contributed by atoms with Crippen LogP contribution in [0.15, 0.2) is 61.2 Å². The summed E-state index contributed by atoms with van der Waals surface area (Å²) in [6, 6.07) is 13.7. The minimum atomic E-state index is 0.0669. The number of ether oxygens (including phenoxy) is 1. The lowest BCUT2D eigenvalue weighted by Gasteiger charge is -2.15. The van der Waals surface area contributed by atoms with Crippen molar-refractivity contribution in [2.75, 3.05) is 12.4 Å². The van der Waals surface area contributed by atoms with Gasteiger partial charge in [-0.05, 0) is 36.8 Å². The van der Waals surface area contributed by atoms with Crippen LogP contribution in [0.4, 0.5) is 5.82 Å². The maximum Gasteiger partial charge on any atom is 0.170 e. The Bertz CT molecular complexity index is 1010. The normalized spacial score (nSPS) is 12.1. The van der Waals surface area contributed by atoms with Crippen LogP contribution in [0.1, 0.15) is 18.5 Å². The average Bonchev–Trinajstić information content (AvgIpc) is 3.14. The Balaban J connectivity index is 1.65. The smallest absolute Gasteiger partial charge is 0.170 e. The van der Waals surface area contributed by atoms with Crippen molar-refractivity contribution in [2.45, 2.75) is 13.0 Å². The molecule has 7 heteroatoms.